The SMILES string of the molecule is C=C(C)C1CCC(C)=CC1c1c(O)cc(C(C)(C)CCCCCC)cc1OP(C)(=O)OC. The molecule has 180 valence electrons. The molecule has 3 unspecified atom stereocenters. The highest BCUT2D eigenvalue weighted by atomic mass is 31.2. The third-order valence-electron chi connectivity index (χ3n) is 6.87. The van der Waals surface area contributed by atoms with E-state index in [0.29, 0.717) is 11.3 Å². The number of phenolic OH excluding ortho intramolecular Hbond substituents is 1. The van der Waals surface area contributed by atoms with Crippen LogP contribution in [0, 0.1) is 5.92 Å². The molecule has 0 saturated carbocycles. The largest absolute Gasteiger partial charge is 0.507 e. The maximum Gasteiger partial charge on any atom is 0.375 e. The van der Waals surface area contributed by atoms with Crippen LogP contribution in [0.1, 0.15) is 96.6 Å². The Morgan fingerprint density at radius 1 is 1.28 bits per heavy atom. The fraction of sp³-hybridized carbons (Fsp3) is 0.630. The van der Waals surface area contributed by atoms with Crippen LogP contribution < -0.4 is 4.52 Å². The van der Waals surface area contributed by atoms with Crippen molar-refractivity contribution in [1.29, 1.82) is 0 Å². The molecule has 5 heteroatoms. The number of aromatic hydroxyl groups is 1. The van der Waals surface area contributed by atoms with E-state index >= 15 is 0 Å². The van der Waals surface area contributed by atoms with Gasteiger partial charge in [0.25, 0.3) is 0 Å². The predicted molar refractivity (Wildman–Crippen MR) is 135 cm³/mol. The van der Waals surface area contributed by atoms with Gasteiger partial charge < -0.3 is 14.2 Å². The van der Waals surface area contributed by atoms with Gasteiger partial charge in [-0.05, 0) is 62.1 Å². The summed E-state index contributed by atoms with van der Waals surface area (Å²) in [7, 11) is -1.92. The van der Waals surface area contributed by atoms with Crippen LogP contribution in [0.4, 0.5) is 0 Å². The predicted octanol–water partition coefficient (Wildman–Crippen LogP) is 8.50. The Kier molecular flexibility index (Phi) is 9.25. The molecule has 0 radical (unpaired) electrons. The summed E-state index contributed by atoms with van der Waals surface area (Å²) in [6, 6.07) is 3.85. The molecule has 0 heterocycles. The molecule has 1 aliphatic rings. The molecule has 0 saturated heterocycles. The Labute approximate surface area is 195 Å². The van der Waals surface area contributed by atoms with Gasteiger partial charge in [0.1, 0.15) is 11.5 Å². The minimum Gasteiger partial charge on any atom is -0.507 e. The van der Waals surface area contributed by atoms with Crippen molar-refractivity contribution in [3.05, 3.63) is 47.1 Å². The maximum absolute atomic E-state index is 12.8. The number of phenols is 1. The fourth-order valence-electron chi connectivity index (χ4n) is 4.67. The monoisotopic (exact) mass is 462 g/mol. The van der Waals surface area contributed by atoms with Crippen molar-refractivity contribution in [3.8, 4) is 11.5 Å². The van der Waals surface area contributed by atoms with Gasteiger partial charge in [-0.15, -0.1) is 0 Å². The molecule has 1 N–H and O–H groups in total. The lowest BCUT2D eigenvalue weighted by Gasteiger charge is -2.33. The van der Waals surface area contributed by atoms with Gasteiger partial charge in [0.05, 0.1) is 0 Å². The van der Waals surface area contributed by atoms with Crippen molar-refractivity contribution >= 4 is 7.60 Å². The standard InChI is InChI=1S/C27H43O4P/c1-9-10-11-12-15-27(5,6)21-17-24(28)26(25(18-21)31-32(8,29)30-7)23-16-20(4)13-14-22(23)19(2)3/h16-18,22-23,28H,2,9-15H2,1,3-8H3. The van der Waals surface area contributed by atoms with Gasteiger partial charge in [0, 0.05) is 25.3 Å². The highest BCUT2D eigenvalue weighted by Crippen LogP contribution is 2.52. The van der Waals surface area contributed by atoms with Crippen molar-refractivity contribution in [1.82, 2.24) is 0 Å². The minimum absolute atomic E-state index is 0.0742. The van der Waals surface area contributed by atoms with Crippen molar-refractivity contribution < 1.29 is 18.7 Å². The third-order valence-corrected chi connectivity index (χ3v) is 8.06. The van der Waals surface area contributed by atoms with Crippen molar-refractivity contribution in [2.75, 3.05) is 13.8 Å². The molecule has 0 aliphatic heterocycles. The Morgan fingerprint density at radius 2 is 1.97 bits per heavy atom. The second-order valence-electron chi connectivity index (χ2n) is 10.2. The van der Waals surface area contributed by atoms with Crippen LogP contribution in [-0.2, 0) is 14.5 Å². The van der Waals surface area contributed by atoms with Crippen molar-refractivity contribution in [2.45, 2.75) is 90.9 Å². The molecule has 0 spiro atoms. The van der Waals surface area contributed by atoms with E-state index in [-0.39, 0.29) is 23.0 Å². The second-order valence-corrected chi connectivity index (χ2v) is 12.3. The molecule has 1 aromatic carbocycles. The first-order valence-corrected chi connectivity index (χ1v) is 13.9. The van der Waals surface area contributed by atoms with E-state index in [2.05, 4.69) is 40.3 Å². The molecular formula is C27H43O4P. The van der Waals surface area contributed by atoms with Gasteiger partial charge in [0.15, 0.2) is 0 Å². The Balaban J connectivity index is 2.57. The van der Waals surface area contributed by atoms with E-state index in [0.717, 1.165) is 36.8 Å². The summed E-state index contributed by atoms with van der Waals surface area (Å²) in [5.41, 5.74) is 3.89. The number of hydrogen-bond acceptors (Lipinski definition) is 4. The van der Waals surface area contributed by atoms with Gasteiger partial charge >= 0.3 is 7.60 Å². The number of hydrogen-bond donors (Lipinski definition) is 1. The molecule has 32 heavy (non-hydrogen) atoms. The zero-order valence-corrected chi connectivity index (χ0v) is 22.1. The lowest BCUT2D eigenvalue weighted by Crippen LogP contribution is -2.20. The summed E-state index contributed by atoms with van der Waals surface area (Å²) in [4.78, 5) is 0. The topological polar surface area (TPSA) is 55.8 Å². The Bertz CT molecular complexity index is 884. The third kappa shape index (κ3) is 6.75. The molecule has 1 aromatic rings. The first-order valence-electron chi connectivity index (χ1n) is 11.9. The molecule has 0 fully saturated rings. The summed E-state index contributed by atoms with van der Waals surface area (Å²) < 4.78 is 24.0. The van der Waals surface area contributed by atoms with Gasteiger partial charge in [-0.2, -0.15) is 0 Å². The summed E-state index contributed by atoms with van der Waals surface area (Å²) >= 11 is 0. The van der Waals surface area contributed by atoms with Crippen LogP contribution in [0.2, 0.25) is 0 Å². The van der Waals surface area contributed by atoms with E-state index in [4.69, 9.17) is 9.05 Å². The average Bonchev–Trinajstić information content (AvgIpc) is 2.70. The Hall–Kier alpha value is -1.51. The van der Waals surface area contributed by atoms with Crippen LogP contribution >= 0.6 is 7.60 Å². The van der Waals surface area contributed by atoms with E-state index in [9.17, 15) is 9.67 Å². The Morgan fingerprint density at radius 3 is 2.56 bits per heavy atom. The van der Waals surface area contributed by atoms with Gasteiger partial charge in [0.2, 0.25) is 0 Å². The van der Waals surface area contributed by atoms with Crippen LogP contribution in [0.25, 0.3) is 0 Å². The van der Waals surface area contributed by atoms with Crippen LogP contribution in [0.5, 0.6) is 11.5 Å². The fourth-order valence-corrected chi connectivity index (χ4v) is 5.26. The molecule has 4 nitrogen and oxygen atoms in total. The highest BCUT2D eigenvalue weighted by Gasteiger charge is 2.34. The van der Waals surface area contributed by atoms with E-state index in [1.807, 2.05) is 19.1 Å². The molecule has 0 bridgehead atoms. The summed E-state index contributed by atoms with van der Waals surface area (Å²) in [6.07, 6.45) is 9.97. The summed E-state index contributed by atoms with van der Waals surface area (Å²) in [5, 5.41) is 11.3. The smallest absolute Gasteiger partial charge is 0.375 e. The molecule has 0 amide bonds. The number of rotatable bonds is 11. The number of allylic oxidation sites excluding steroid dienone is 3. The lowest BCUT2D eigenvalue weighted by atomic mass is 9.72. The molecular weight excluding hydrogens is 419 g/mol. The molecule has 2 rings (SSSR count). The van der Waals surface area contributed by atoms with Crippen LogP contribution in [-0.4, -0.2) is 18.9 Å². The first kappa shape index (κ1) is 26.7. The van der Waals surface area contributed by atoms with E-state index in [1.165, 1.54) is 38.6 Å². The molecule has 1 aliphatic carbocycles. The zero-order valence-electron chi connectivity index (χ0n) is 21.2. The zero-order chi connectivity index (χ0) is 24.1. The summed E-state index contributed by atoms with van der Waals surface area (Å²) in [5.74, 6) is 0.766. The number of unbranched alkanes of at least 4 members (excludes halogenated alkanes) is 3. The highest BCUT2D eigenvalue weighted by molar-refractivity contribution is 7.53. The normalized spacial score (nSPS) is 21.0. The minimum atomic E-state index is -3.31. The lowest BCUT2D eigenvalue weighted by molar-refractivity contribution is 0.324. The van der Waals surface area contributed by atoms with E-state index in [1.54, 1.807) is 0 Å². The van der Waals surface area contributed by atoms with E-state index < -0.39 is 7.60 Å². The molecule has 3 atom stereocenters. The summed E-state index contributed by atoms with van der Waals surface area (Å²) in [6.45, 7) is 16.4. The average molecular weight is 463 g/mol. The molecule has 0 aromatic heterocycles. The van der Waals surface area contributed by atoms with Crippen molar-refractivity contribution in [3.63, 3.8) is 0 Å². The first-order chi connectivity index (χ1) is 14.9. The van der Waals surface area contributed by atoms with Crippen molar-refractivity contribution in [2.24, 2.45) is 5.92 Å². The van der Waals surface area contributed by atoms with Crippen LogP contribution in [0.3, 0.4) is 0 Å². The quantitative estimate of drug-likeness (QED) is 0.203. The van der Waals surface area contributed by atoms with Gasteiger partial charge in [-0.3, -0.25) is 0 Å². The van der Waals surface area contributed by atoms with Gasteiger partial charge in [-0.1, -0.05) is 70.3 Å². The van der Waals surface area contributed by atoms with Gasteiger partial charge in [-0.25, -0.2) is 4.57 Å². The van der Waals surface area contributed by atoms with Crippen LogP contribution in [0.15, 0.2) is 35.9 Å². The maximum atomic E-state index is 12.8. The second kappa shape index (κ2) is 11.1. The number of benzene rings is 1.